The van der Waals surface area contributed by atoms with E-state index in [1.807, 2.05) is 54.6 Å². The zero-order valence-corrected chi connectivity index (χ0v) is 14.2. The van der Waals surface area contributed by atoms with Crippen molar-refractivity contribution in [2.75, 3.05) is 0 Å². The predicted octanol–water partition coefficient (Wildman–Crippen LogP) is 3.78. The van der Waals surface area contributed by atoms with Crippen LogP contribution in [-0.4, -0.2) is 16.8 Å². The Hall–Kier alpha value is -2.62. The molecule has 0 aromatic heterocycles. The van der Waals surface area contributed by atoms with Crippen LogP contribution in [0.1, 0.15) is 43.4 Å². The second kappa shape index (κ2) is 6.11. The molecular formula is C20H22N2O2. The number of amides is 3. The van der Waals surface area contributed by atoms with Crippen LogP contribution >= 0.6 is 0 Å². The summed E-state index contributed by atoms with van der Waals surface area (Å²) in [4.78, 5) is 26.5. The smallest absolute Gasteiger partial charge is 0.319 e. The molecule has 1 aliphatic rings. The standard InChI is InChI=1S/C20H22N2O2/c1-14(2)16-9-11-17(12-10-16)20(3)18(23)22(19(24)21-20)13-15-7-5-4-6-8-15/h4-12,14H,13H2,1-3H3,(H,21,24). The van der Waals surface area contributed by atoms with E-state index in [0.717, 1.165) is 11.1 Å². The maximum Gasteiger partial charge on any atom is 0.325 e. The van der Waals surface area contributed by atoms with Crippen molar-refractivity contribution in [2.24, 2.45) is 0 Å². The summed E-state index contributed by atoms with van der Waals surface area (Å²) in [5.74, 6) is 0.212. The molecule has 2 aromatic carbocycles. The quantitative estimate of drug-likeness (QED) is 0.871. The Morgan fingerprint density at radius 1 is 1.00 bits per heavy atom. The molecule has 1 heterocycles. The summed E-state index contributed by atoms with van der Waals surface area (Å²) in [6, 6.07) is 17.1. The number of nitrogens with one attached hydrogen (secondary N) is 1. The molecule has 0 bridgehead atoms. The summed E-state index contributed by atoms with van der Waals surface area (Å²) in [5, 5.41) is 2.85. The van der Waals surface area contributed by atoms with Gasteiger partial charge in [-0.15, -0.1) is 0 Å². The number of hydrogen-bond acceptors (Lipinski definition) is 2. The first-order valence-corrected chi connectivity index (χ1v) is 8.20. The van der Waals surface area contributed by atoms with Crippen LogP contribution in [0.4, 0.5) is 4.79 Å². The van der Waals surface area contributed by atoms with Gasteiger partial charge >= 0.3 is 6.03 Å². The third-order valence-corrected chi connectivity index (χ3v) is 4.61. The van der Waals surface area contributed by atoms with Gasteiger partial charge in [0.05, 0.1) is 6.54 Å². The van der Waals surface area contributed by atoms with Crippen LogP contribution in [-0.2, 0) is 16.9 Å². The van der Waals surface area contributed by atoms with Crippen molar-refractivity contribution in [2.45, 2.75) is 38.8 Å². The highest BCUT2D eigenvalue weighted by atomic mass is 16.2. The molecule has 24 heavy (non-hydrogen) atoms. The first-order chi connectivity index (χ1) is 11.4. The molecule has 0 saturated carbocycles. The summed E-state index contributed by atoms with van der Waals surface area (Å²) >= 11 is 0. The molecule has 1 N–H and O–H groups in total. The first kappa shape index (κ1) is 16.2. The number of hydrogen-bond donors (Lipinski definition) is 1. The fourth-order valence-electron chi connectivity index (χ4n) is 3.00. The van der Waals surface area contributed by atoms with E-state index in [1.54, 1.807) is 6.92 Å². The predicted molar refractivity (Wildman–Crippen MR) is 93.4 cm³/mol. The summed E-state index contributed by atoms with van der Waals surface area (Å²) in [5.41, 5.74) is 1.93. The summed E-state index contributed by atoms with van der Waals surface area (Å²) in [6.07, 6.45) is 0. The molecule has 0 spiro atoms. The van der Waals surface area contributed by atoms with E-state index in [2.05, 4.69) is 19.2 Å². The molecular weight excluding hydrogens is 300 g/mol. The van der Waals surface area contributed by atoms with E-state index in [9.17, 15) is 9.59 Å². The van der Waals surface area contributed by atoms with Gasteiger partial charge in [-0.25, -0.2) is 4.79 Å². The third-order valence-electron chi connectivity index (χ3n) is 4.61. The molecule has 1 fully saturated rings. The number of carbonyl (C=O) groups is 2. The highest BCUT2D eigenvalue weighted by Crippen LogP contribution is 2.30. The van der Waals surface area contributed by atoms with Gasteiger partial charge in [0.1, 0.15) is 5.54 Å². The van der Waals surface area contributed by atoms with Gasteiger partial charge in [0.15, 0.2) is 0 Å². The number of rotatable bonds is 4. The van der Waals surface area contributed by atoms with Gasteiger partial charge in [-0.05, 0) is 29.5 Å². The van der Waals surface area contributed by atoms with Crippen molar-refractivity contribution in [1.82, 2.24) is 10.2 Å². The Morgan fingerprint density at radius 3 is 2.21 bits per heavy atom. The van der Waals surface area contributed by atoms with E-state index in [-0.39, 0.29) is 18.5 Å². The van der Waals surface area contributed by atoms with Gasteiger partial charge in [-0.1, -0.05) is 68.4 Å². The second-order valence-corrected chi connectivity index (χ2v) is 6.71. The normalized spacial score (nSPS) is 20.6. The van der Waals surface area contributed by atoms with Gasteiger partial charge in [0.2, 0.25) is 0 Å². The highest BCUT2D eigenvalue weighted by Gasteiger charge is 2.48. The maximum atomic E-state index is 12.9. The Kier molecular flexibility index (Phi) is 4.14. The topological polar surface area (TPSA) is 49.4 Å². The lowest BCUT2D eigenvalue weighted by Gasteiger charge is -2.23. The fourth-order valence-corrected chi connectivity index (χ4v) is 3.00. The Bertz CT molecular complexity index is 753. The Morgan fingerprint density at radius 2 is 1.62 bits per heavy atom. The second-order valence-electron chi connectivity index (χ2n) is 6.71. The minimum atomic E-state index is -1.01. The molecule has 2 aromatic rings. The van der Waals surface area contributed by atoms with Gasteiger partial charge in [0, 0.05) is 0 Å². The number of benzene rings is 2. The van der Waals surface area contributed by atoms with Crippen LogP contribution in [0.25, 0.3) is 0 Å². The molecule has 124 valence electrons. The molecule has 0 radical (unpaired) electrons. The van der Waals surface area contributed by atoms with Gasteiger partial charge in [-0.2, -0.15) is 0 Å². The lowest BCUT2D eigenvalue weighted by atomic mass is 9.90. The van der Waals surface area contributed by atoms with Gasteiger partial charge in [0.25, 0.3) is 5.91 Å². The van der Waals surface area contributed by atoms with Crippen LogP contribution in [0.15, 0.2) is 54.6 Å². The van der Waals surface area contributed by atoms with Crippen LogP contribution < -0.4 is 5.32 Å². The number of nitrogens with zero attached hydrogens (tertiary/aromatic N) is 1. The van der Waals surface area contributed by atoms with Crippen LogP contribution in [0, 0.1) is 0 Å². The molecule has 1 aliphatic heterocycles. The van der Waals surface area contributed by atoms with Crippen molar-refractivity contribution >= 4 is 11.9 Å². The van der Waals surface area contributed by atoms with Crippen molar-refractivity contribution < 1.29 is 9.59 Å². The summed E-state index contributed by atoms with van der Waals surface area (Å²) in [7, 11) is 0. The number of urea groups is 1. The van der Waals surface area contributed by atoms with E-state index in [4.69, 9.17) is 0 Å². The van der Waals surface area contributed by atoms with Gasteiger partial charge < -0.3 is 5.32 Å². The van der Waals surface area contributed by atoms with Gasteiger partial charge in [-0.3, -0.25) is 9.69 Å². The van der Waals surface area contributed by atoms with Crippen molar-refractivity contribution in [3.8, 4) is 0 Å². The Balaban J connectivity index is 1.86. The van der Waals surface area contributed by atoms with Crippen LogP contribution in [0.5, 0.6) is 0 Å². The van der Waals surface area contributed by atoms with Crippen molar-refractivity contribution in [3.05, 3.63) is 71.3 Å². The average molecular weight is 322 g/mol. The molecule has 1 saturated heterocycles. The monoisotopic (exact) mass is 322 g/mol. The van der Waals surface area contributed by atoms with Crippen molar-refractivity contribution in [1.29, 1.82) is 0 Å². The van der Waals surface area contributed by atoms with Crippen LogP contribution in [0.2, 0.25) is 0 Å². The van der Waals surface area contributed by atoms with E-state index >= 15 is 0 Å². The Labute approximate surface area is 142 Å². The molecule has 3 rings (SSSR count). The largest absolute Gasteiger partial charge is 0.325 e. The molecule has 1 unspecified atom stereocenters. The first-order valence-electron chi connectivity index (χ1n) is 8.20. The van der Waals surface area contributed by atoms with Crippen LogP contribution in [0.3, 0.4) is 0 Å². The maximum absolute atomic E-state index is 12.9. The highest BCUT2D eigenvalue weighted by molar-refractivity contribution is 6.07. The number of imide groups is 1. The van der Waals surface area contributed by atoms with E-state index in [0.29, 0.717) is 5.92 Å². The zero-order valence-electron chi connectivity index (χ0n) is 14.2. The molecule has 1 atom stereocenters. The van der Waals surface area contributed by atoms with E-state index in [1.165, 1.54) is 10.5 Å². The molecule has 4 heteroatoms. The third kappa shape index (κ3) is 2.80. The number of carbonyl (C=O) groups excluding carboxylic acids is 2. The lowest BCUT2D eigenvalue weighted by Crippen LogP contribution is -2.40. The minimum Gasteiger partial charge on any atom is -0.319 e. The van der Waals surface area contributed by atoms with Crippen molar-refractivity contribution in [3.63, 3.8) is 0 Å². The fraction of sp³-hybridized carbons (Fsp3) is 0.300. The molecule has 3 amide bonds. The SMILES string of the molecule is CC(C)c1ccc(C2(C)NC(=O)N(Cc3ccccc3)C2=O)cc1. The molecule has 4 nitrogen and oxygen atoms in total. The lowest BCUT2D eigenvalue weighted by molar-refractivity contribution is -0.131. The zero-order chi connectivity index (χ0) is 17.3. The summed E-state index contributed by atoms with van der Waals surface area (Å²) in [6.45, 7) is 6.30. The summed E-state index contributed by atoms with van der Waals surface area (Å²) < 4.78 is 0. The van der Waals surface area contributed by atoms with E-state index < -0.39 is 5.54 Å². The average Bonchev–Trinajstić information content (AvgIpc) is 2.80. The molecule has 0 aliphatic carbocycles. The minimum absolute atomic E-state index is 0.214.